The Morgan fingerprint density at radius 3 is 2.68 bits per heavy atom. The zero-order valence-corrected chi connectivity index (χ0v) is 14.2. The van der Waals surface area contributed by atoms with E-state index in [2.05, 4.69) is 40.7 Å². The molecule has 5 nitrogen and oxygen atoms in total. The van der Waals surface area contributed by atoms with Gasteiger partial charge in [-0.15, -0.1) is 10.2 Å². The predicted molar refractivity (Wildman–Crippen MR) is 91.4 cm³/mol. The Hall–Kier alpha value is -1.66. The molecule has 0 radical (unpaired) electrons. The molecule has 0 atom stereocenters. The summed E-state index contributed by atoms with van der Waals surface area (Å²) in [6, 6.07) is 8.23. The lowest BCUT2D eigenvalue weighted by Gasteiger charge is -2.14. The number of nitrogens with zero attached hydrogens (tertiary/aromatic N) is 4. The molecule has 1 N–H and O–H groups in total. The van der Waals surface area contributed by atoms with Gasteiger partial charge < -0.3 is 9.47 Å². The van der Waals surface area contributed by atoms with Gasteiger partial charge in [-0.3, -0.25) is 0 Å². The van der Waals surface area contributed by atoms with Crippen molar-refractivity contribution in [2.24, 2.45) is 7.05 Å². The molecular weight excluding hydrogens is 294 g/mol. The summed E-state index contributed by atoms with van der Waals surface area (Å²) < 4.78 is 2.10. The maximum atomic E-state index is 4.70. The van der Waals surface area contributed by atoms with Gasteiger partial charge in [-0.05, 0) is 19.9 Å². The van der Waals surface area contributed by atoms with Crippen LogP contribution < -0.4 is 4.90 Å². The van der Waals surface area contributed by atoms with Crippen molar-refractivity contribution < 1.29 is 4.90 Å². The van der Waals surface area contributed by atoms with Gasteiger partial charge >= 0.3 is 0 Å². The Kier molecular flexibility index (Phi) is 4.59. The molecule has 22 heavy (non-hydrogen) atoms. The molecule has 6 heteroatoms. The molecule has 1 aromatic carbocycles. The number of fused-ring (bicyclic) bond motifs is 3. The highest BCUT2D eigenvalue weighted by atomic mass is 32.2. The van der Waals surface area contributed by atoms with Gasteiger partial charge in [0.2, 0.25) is 5.16 Å². The number of hydrogen-bond donors (Lipinski definition) is 1. The second-order valence-corrected chi connectivity index (χ2v) is 6.46. The Balaban J connectivity index is 1.84. The molecule has 0 saturated carbocycles. The third kappa shape index (κ3) is 2.80. The Labute approximate surface area is 134 Å². The smallest absolute Gasteiger partial charge is 0.211 e. The van der Waals surface area contributed by atoms with E-state index in [1.165, 1.54) is 13.1 Å². The van der Waals surface area contributed by atoms with Crippen molar-refractivity contribution in [1.82, 2.24) is 19.7 Å². The van der Waals surface area contributed by atoms with Crippen LogP contribution in [0.1, 0.15) is 13.8 Å². The maximum absolute atomic E-state index is 4.70. The van der Waals surface area contributed by atoms with Crippen LogP contribution in [0.15, 0.2) is 29.4 Å². The average Bonchev–Trinajstić information content (AvgIpc) is 2.85. The Morgan fingerprint density at radius 1 is 1.14 bits per heavy atom. The van der Waals surface area contributed by atoms with Gasteiger partial charge in [0.15, 0.2) is 5.65 Å². The number of rotatable bonds is 6. The van der Waals surface area contributed by atoms with Crippen molar-refractivity contribution in [3.05, 3.63) is 24.3 Å². The molecule has 0 bridgehead atoms. The fraction of sp³-hybridized carbons (Fsp3) is 0.438. The molecule has 0 amide bonds. The average molecular weight is 316 g/mol. The molecule has 0 aliphatic heterocycles. The lowest BCUT2D eigenvalue weighted by molar-refractivity contribution is -0.893. The van der Waals surface area contributed by atoms with Crippen LogP contribution in [0.25, 0.3) is 22.1 Å². The van der Waals surface area contributed by atoms with E-state index in [4.69, 9.17) is 4.98 Å². The minimum absolute atomic E-state index is 0.768. The van der Waals surface area contributed by atoms with Crippen molar-refractivity contribution in [3.8, 4) is 0 Å². The fourth-order valence-corrected chi connectivity index (χ4v) is 3.57. The van der Waals surface area contributed by atoms with Crippen LogP contribution in [-0.4, -0.2) is 45.1 Å². The van der Waals surface area contributed by atoms with E-state index in [0.29, 0.717) is 0 Å². The summed E-state index contributed by atoms with van der Waals surface area (Å²) >= 11 is 1.69. The molecule has 2 aromatic heterocycles. The number of hydrogen-bond acceptors (Lipinski definition) is 4. The molecule has 3 rings (SSSR count). The topological polar surface area (TPSA) is 48.0 Å². The molecule has 3 aromatic rings. The lowest BCUT2D eigenvalue weighted by atomic mass is 10.2. The van der Waals surface area contributed by atoms with Crippen LogP contribution in [0.2, 0.25) is 0 Å². The Bertz CT molecular complexity index is 779. The van der Waals surface area contributed by atoms with Crippen LogP contribution in [0.5, 0.6) is 0 Å². The number of quaternary nitrogens is 1. The van der Waals surface area contributed by atoms with Gasteiger partial charge in [-0.25, -0.2) is 4.98 Å². The van der Waals surface area contributed by atoms with Gasteiger partial charge in [0.05, 0.1) is 30.9 Å². The quantitative estimate of drug-likeness (QED) is 0.701. The van der Waals surface area contributed by atoms with E-state index in [0.717, 1.165) is 39.5 Å². The molecule has 116 valence electrons. The fourth-order valence-electron chi connectivity index (χ4n) is 2.74. The molecule has 0 unspecified atom stereocenters. The van der Waals surface area contributed by atoms with Crippen molar-refractivity contribution in [1.29, 1.82) is 0 Å². The van der Waals surface area contributed by atoms with E-state index >= 15 is 0 Å². The van der Waals surface area contributed by atoms with Gasteiger partial charge in [-0.1, -0.05) is 30.0 Å². The predicted octanol–water partition coefficient (Wildman–Crippen LogP) is 1.53. The molecule has 0 saturated heterocycles. The molecule has 0 fully saturated rings. The van der Waals surface area contributed by atoms with E-state index in [1.54, 1.807) is 16.7 Å². The van der Waals surface area contributed by atoms with Crippen LogP contribution >= 0.6 is 11.8 Å². The lowest BCUT2D eigenvalue weighted by Crippen LogP contribution is -3.11. The third-order valence-corrected chi connectivity index (χ3v) is 5.01. The number of para-hydroxylation sites is 1. The first kappa shape index (κ1) is 15.2. The van der Waals surface area contributed by atoms with Gasteiger partial charge in [0.1, 0.15) is 5.52 Å². The minimum atomic E-state index is 0.768. The highest BCUT2D eigenvalue weighted by Gasteiger charge is 2.12. The maximum Gasteiger partial charge on any atom is 0.211 e. The summed E-state index contributed by atoms with van der Waals surface area (Å²) in [6.45, 7) is 7.91. The van der Waals surface area contributed by atoms with Crippen LogP contribution in [0.4, 0.5) is 0 Å². The highest BCUT2D eigenvalue weighted by molar-refractivity contribution is 7.99. The van der Waals surface area contributed by atoms with Crippen LogP contribution in [0.3, 0.4) is 0 Å². The van der Waals surface area contributed by atoms with Gasteiger partial charge in [0, 0.05) is 12.4 Å². The number of aromatic nitrogens is 4. The van der Waals surface area contributed by atoms with E-state index in [9.17, 15) is 0 Å². The third-order valence-electron chi connectivity index (χ3n) is 4.17. The SMILES string of the molecule is CC[NH+](CC)CCSc1nnc2c3ccccc3n(C)c2n1. The highest BCUT2D eigenvalue weighted by Crippen LogP contribution is 2.25. The minimum Gasteiger partial charge on any atom is -0.335 e. The summed E-state index contributed by atoms with van der Waals surface area (Å²) in [6.07, 6.45) is 0. The second kappa shape index (κ2) is 6.62. The Morgan fingerprint density at radius 2 is 1.91 bits per heavy atom. The molecular formula is C16H22N5S+. The number of nitrogens with one attached hydrogen (secondary N) is 1. The van der Waals surface area contributed by atoms with E-state index in [1.807, 2.05) is 19.2 Å². The van der Waals surface area contributed by atoms with Crippen LogP contribution in [-0.2, 0) is 7.05 Å². The van der Waals surface area contributed by atoms with Gasteiger partial charge in [0.25, 0.3) is 0 Å². The van der Waals surface area contributed by atoms with E-state index < -0.39 is 0 Å². The summed E-state index contributed by atoms with van der Waals surface area (Å²) in [5, 5.41) is 10.6. The van der Waals surface area contributed by atoms with Crippen molar-refractivity contribution in [3.63, 3.8) is 0 Å². The van der Waals surface area contributed by atoms with Crippen molar-refractivity contribution in [2.75, 3.05) is 25.4 Å². The largest absolute Gasteiger partial charge is 0.335 e. The van der Waals surface area contributed by atoms with Crippen molar-refractivity contribution >= 4 is 33.8 Å². The first-order valence-electron chi connectivity index (χ1n) is 7.78. The summed E-state index contributed by atoms with van der Waals surface area (Å²) in [5.74, 6) is 1.02. The van der Waals surface area contributed by atoms with Crippen LogP contribution in [0, 0.1) is 0 Å². The zero-order chi connectivity index (χ0) is 15.5. The number of thioether (sulfide) groups is 1. The summed E-state index contributed by atoms with van der Waals surface area (Å²) in [4.78, 5) is 6.31. The molecule has 0 aliphatic carbocycles. The number of benzene rings is 1. The summed E-state index contributed by atoms with van der Waals surface area (Å²) in [7, 11) is 2.04. The monoisotopic (exact) mass is 316 g/mol. The zero-order valence-electron chi connectivity index (χ0n) is 13.3. The summed E-state index contributed by atoms with van der Waals surface area (Å²) in [5.41, 5.74) is 2.94. The molecule has 0 spiro atoms. The van der Waals surface area contributed by atoms with Gasteiger partial charge in [-0.2, -0.15) is 0 Å². The standard InChI is InChI=1S/C16H21N5S/c1-4-21(5-2)10-11-22-16-17-15-14(18-19-16)12-8-6-7-9-13(12)20(15)3/h6-9H,4-5,10-11H2,1-3H3/p+1. The first-order valence-corrected chi connectivity index (χ1v) is 8.77. The molecule has 2 heterocycles. The molecule has 0 aliphatic rings. The van der Waals surface area contributed by atoms with E-state index in [-0.39, 0.29) is 0 Å². The first-order chi connectivity index (χ1) is 10.7. The number of aryl methyl sites for hydroxylation is 1. The normalized spacial score (nSPS) is 11.8. The van der Waals surface area contributed by atoms with Crippen molar-refractivity contribution in [2.45, 2.75) is 19.0 Å². The second-order valence-electron chi connectivity index (χ2n) is 5.40.